The summed E-state index contributed by atoms with van der Waals surface area (Å²) in [4.78, 5) is 38.7. The highest BCUT2D eigenvalue weighted by atomic mass is 16.2. The van der Waals surface area contributed by atoms with Crippen LogP contribution in [0, 0.1) is 0 Å². The van der Waals surface area contributed by atoms with E-state index in [1.54, 1.807) is 31.3 Å². The molecule has 9 heteroatoms. The molecule has 1 aliphatic rings. The fourth-order valence-corrected chi connectivity index (χ4v) is 2.92. The summed E-state index contributed by atoms with van der Waals surface area (Å²) >= 11 is 0. The quantitative estimate of drug-likeness (QED) is 0.696. The minimum absolute atomic E-state index is 0.100. The standard InChI is InChI=1S/C20H22N6O3/c1-20(10-17(28)26(2)19(21)25-20)13-5-3-6-14(9-13)24-18(29)16-12-22-15(11-23-16)7-4-8-27/h3-7,9,11-12,27H,8,10H2,1-2H3,(H2,21,25)(H,24,29)/b7-4+. The van der Waals surface area contributed by atoms with Gasteiger partial charge in [0.1, 0.15) is 5.69 Å². The number of carbonyl (C=O) groups is 2. The van der Waals surface area contributed by atoms with Gasteiger partial charge in [-0.05, 0) is 30.7 Å². The summed E-state index contributed by atoms with van der Waals surface area (Å²) in [6.45, 7) is 1.73. The smallest absolute Gasteiger partial charge is 0.275 e. The van der Waals surface area contributed by atoms with E-state index >= 15 is 0 Å². The number of hydrogen-bond acceptors (Lipinski definition) is 7. The van der Waals surface area contributed by atoms with E-state index < -0.39 is 11.4 Å². The second-order valence-electron chi connectivity index (χ2n) is 6.82. The molecule has 0 fully saturated rings. The van der Waals surface area contributed by atoms with Gasteiger partial charge in [-0.3, -0.25) is 19.5 Å². The van der Waals surface area contributed by atoms with Crippen molar-refractivity contribution < 1.29 is 14.7 Å². The van der Waals surface area contributed by atoms with Gasteiger partial charge in [0.25, 0.3) is 5.91 Å². The van der Waals surface area contributed by atoms with E-state index in [9.17, 15) is 9.59 Å². The molecule has 29 heavy (non-hydrogen) atoms. The van der Waals surface area contributed by atoms with Crippen LogP contribution in [0.15, 0.2) is 47.7 Å². The second kappa shape index (κ2) is 8.19. The summed E-state index contributed by atoms with van der Waals surface area (Å²) in [5, 5.41) is 11.6. The number of hydrogen-bond donors (Lipinski definition) is 3. The van der Waals surface area contributed by atoms with Crippen LogP contribution in [-0.4, -0.2) is 51.4 Å². The van der Waals surface area contributed by atoms with Crippen molar-refractivity contribution >= 4 is 29.5 Å². The van der Waals surface area contributed by atoms with Crippen LogP contribution >= 0.6 is 0 Å². The number of aliphatic imine (C=N–C) groups is 1. The molecule has 150 valence electrons. The number of anilines is 1. The third-order valence-corrected chi connectivity index (χ3v) is 4.62. The normalized spacial score (nSPS) is 19.3. The van der Waals surface area contributed by atoms with Crippen LogP contribution in [0.4, 0.5) is 5.69 Å². The minimum atomic E-state index is -0.811. The number of nitrogens with two attached hydrogens (primary N) is 1. The van der Waals surface area contributed by atoms with Crippen molar-refractivity contribution in [2.45, 2.75) is 18.9 Å². The first-order chi connectivity index (χ1) is 13.8. The maximum absolute atomic E-state index is 12.5. The lowest BCUT2D eigenvalue weighted by molar-refractivity contribution is -0.128. The van der Waals surface area contributed by atoms with Crippen LogP contribution in [0.25, 0.3) is 6.08 Å². The number of nitrogens with zero attached hydrogens (tertiary/aromatic N) is 4. The Morgan fingerprint density at radius 3 is 2.83 bits per heavy atom. The molecule has 0 spiro atoms. The minimum Gasteiger partial charge on any atom is -0.392 e. The van der Waals surface area contributed by atoms with Gasteiger partial charge in [0.15, 0.2) is 5.96 Å². The molecule has 1 aliphatic heterocycles. The summed E-state index contributed by atoms with van der Waals surface area (Å²) in [5.41, 5.74) is 7.05. The van der Waals surface area contributed by atoms with Crippen molar-refractivity contribution in [1.29, 1.82) is 0 Å². The zero-order chi connectivity index (χ0) is 21.0. The average Bonchev–Trinajstić information content (AvgIpc) is 2.71. The topological polar surface area (TPSA) is 134 Å². The molecule has 3 rings (SSSR count). The predicted octanol–water partition coefficient (Wildman–Crippen LogP) is 1.13. The van der Waals surface area contributed by atoms with E-state index in [2.05, 4.69) is 20.3 Å². The van der Waals surface area contributed by atoms with Crippen LogP contribution in [0.3, 0.4) is 0 Å². The van der Waals surface area contributed by atoms with E-state index in [4.69, 9.17) is 10.8 Å². The highest BCUT2D eigenvalue weighted by Crippen LogP contribution is 2.34. The monoisotopic (exact) mass is 394 g/mol. The molecule has 2 amide bonds. The lowest BCUT2D eigenvalue weighted by atomic mass is 9.87. The third kappa shape index (κ3) is 4.46. The number of nitrogens with one attached hydrogen (secondary N) is 1. The number of rotatable bonds is 5. The van der Waals surface area contributed by atoms with E-state index in [0.717, 1.165) is 5.56 Å². The first-order valence-corrected chi connectivity index (χ1v) is 8.95. The number of aliphatic hydroxyl groups is 1. The van der Waals surface area contributed by atoms with Crippen LogP contribution in [0.5, 0.6) is 0 Å². The fourth-order valence-electron chi connectivity index (χ4n) is 2.92. The zero-order valence-corrected chi connectivity index (χ0v) is 16.2. The molecule has 0 bridgehead atoms. The van der Waals surface area contributed by atoms with Crippen molar-refractivity contribution in [3.05, 3.63) is 59.7 Å². The molecule has 2 aromatic rings. The maximum atomic E-state index is 12.5. The van der Waals surface area contributed by atoms with Crippen LogP contribution in [0.1, 0.15) is 35.1 Å². The first kappa shape index (κ1) is 20.2. The maximum Gasteiger partial charge on any atom is 0.275 e. The molecule has 0 aliphatic carbocycles. The number of benzene rings is 1. The molecule has 0 saturated heterocycles. The predicted molar refractivity (Wildman–Crippen MR) is 109 cm³/mol. The van der Waals surface area contributed by atoms with Gasteiger partial charge in [-0.2, -0.15) is 0 Å². The first-order valence-electron chi connectivity index (χ1n) is 8.95. The fraction of sp³-hybridized carbons (Fsp3) is 0.250. The number of carbonyl (C=O) groups excluding carboxylic acids is 2. The Labute approximate surface area is 168 Å². The van der Waals surface area contributed by atoms with Crippen molar-refractivity contribution in [3.63, 3.8) is 0 Å². The Bertz CT molecular complexity index is 986. The molecule has 2 heterocycles. The molecule has 4 N–H and O–H groups in total. The molecular formula is C20H22N6O3. The third-order valence-electron chi connectivity index (χ3n) is 4.62. The van der Waals surface area contributed by atoms with E-state index in [1.165, 1.54) is 23.4 Å². The average molecular weight is 394 g/mol. The van der Waals surface area contributed by atoms with Crippen LogP contribution in [0.2, 0.25) is 0 Å². The lowest BCUT2D eigenvalue weighted by Gasteiger charge is -2.33. The Hall–Kier alpha value is -3.59. The molecule has 9 nitrogen and oxygen atoms in total. The molecule has 1 unspecified atom stereocenters. The SMILES string of the molecule is CN1C(=O)CC(C)(c2cccc(NC(=O)c3cnc(/C=C/CO)cn3)c2)N=C1N. The highest BCUT2D eigenvalue weighted by Gasteiger charge is 2.36. The Balaban J connectivity index is 1.79. The Morgan fingerprint density at radius 2 is 2.17 bits per heavy atom. The van der Waals surface area contributed by atoms with Gasteiger partial charge in [-0.1, -0.05) is 18.2 Å². The van der Waals surface area contributed by atoms with Crippen molar-refractivity contribution in [2.75, 3.05) is 19.0 Å². The summed E-state index contributed by atoms with van der Waals surface area (Å²) < 4.78 is 0. The molecule has 0 radical (unpaired) electrons. The molecule has 0 saturated carbocycles. The van der Waals surface area contributed by atoms with Gasteiger partial charge >= 0.3 is 0 Å². The van der Waals surface area contributed by atoms with E-state index in [0.29, 0.717) is 11.4 Å². The summed E-state index contributed by atoms with van der Waals surface area (Å²) in [5.74, 6) is -0.385. The van der Waals surface area contributed by atoms with Crippen molar-refractivity contribution in [1.82, 2.24) is 14.9 Å². The number of amides is 2. The molecular weight excluding hydrogens is 372 g/mol. The summed E-state index contributed by atoms with van der Waals surface area (Å²) in [7, 11) is 1.59. The van der Waals surface area contributed by atoms with Gasteiger partial charge in [0.05, 0.1) is 36.7 Å². The van der Waals surface area contributed by atoms with E-state index in [-0.39, 0.29) is 30.6 Å². The molecule has 1 aromatic heterocycles. The van der Waals surface area contributed by atoms with E-state index in [1.807, 2.05) is 13.0 Å². The lowest BCUT2D eigenvalue weighted by Crippen LogP contribution is -2.47. The highest BCUT2D eigenvalue weighted by molar-refractivity contribution is 6.03. The Kier molecular flexibility index (Phi) is 5.69. The van der Waals surface area contributed by atoms with Gasteiger partial charge in [0.2, 0.25) is 5.91 Å². The molecule has 1 aromatic carbocycles. The summed E-state index contributed by atoms with van der Waals surface area (Å²) in [6, 6.07) is 7.12. The van der Waals surface area contributed by atoms with Gasteiger partial charge in [0, 0.05) is 12.7 Å². The van der Waals surface area contributed by atoms with Gasteiger partial charge < -0.3 is 16.2 Å². The van der Waals surface area contributed by atoms with Gasteiger partial charge in [-0.15, -0.1) is 0 Å². The summed E-state index contributed by atoms with van der Waals surface area (Å²) in [6.07, 6.45) is 6.11. The van der Waals surface area contributed by atoms with Crippen LogP contribution < -0.4 is 11.1 Å². The second-order valence-corrected chi connectivity index (χ2v) is 6.82. The van der Waals surface area contributed by atoms with Crippen molar-refractivity contribution in [2.24, 2.45) is 10.7 Å². The number of aliphatic hydroxyl groups excluding tert-OH is 1. The number of guanidine groups is 1. The number of aromatic nitrogens is 2. The largest absolute Gasteiger partial charge is 0.392 e. The van der Waals surface area contributed by atoms with Crippen molar-refractivity contribution in [3.8, 4) is 0 Å². The molecule has 1 atom stereocenters. The van der Waals surface area contributed by atoms with Gasteiger partial charge in [-0.25, -0.2) is 9.98 Å². The van der Waals surface area contributed by atoms with Crippen LogP contribution in [-0.2, 0) is 10.3 Å². The Morgan fingerprint density at radius 1 is 1.38 bits per heavy atom. The zero-order valence-electron chi connectivity index (χ0n) is 16.2.